The second kappa shape index (κ2) is 5.09. The number of thiophene rings is 1. The molecule has 0 unspecified atom stereocenters. The van der Waals surface area contributed by atoms with E-state index in [-0.39, 0.29) is 0 Å². The van der Waals surface area contributed by atoms with Crippen molar-refractivity contribution in [2.75, 3.05) is 14.2 Å². The standard InChI is InChI=1S/C15H14N2O2S/c1-9-16-12-7-14(19-3)13(18-2)6-11(12)15(17-9)10-4-5-20-8-10/h4-8H,1-3H3. The third kappa shape index (κ3) is 2.10. The number of aromatic nitrogens is 2. The fraction of sp³-hybridized carbons (Fsp3) is 0.200. The molecule has 0 amide bonds. The van der Waals surface area contributed by atoms with E-state index in [9.17, 15) is 0 Å². The number of aryl methyl sites for hydroxylation is 1. The van der Waals surface area contributed by atoms with Crippen LogP contribution in [0, 0.1) is 6.92 Å². The van der Waals surface area contributed by atoms with Gasteiger partial charge in [-0.15, -0.1) is 0 Å². The molecule has 0 aliphatic rings. The Morgan fingerprint density at radius 3 is 2.45 bits per heavy atom. The van der Waals surface area contributed by atoms with Gasteiger partial charge in [0, 0.05) is 22.4 Å². The highest BCUT2D eigenvalue weighted by Gasteiger charge is 2.13. The lowest BCUT2D eigenvalue weighted by molar-refractivity contribution is 0.356. The van der Waals surface area contributed by atoms with Gasteiger partial charge in [-0.05, 0) is 24.4 Å². The van der Waals surface area contributed by atoms with Gasteiger partial charge < -0.3 is 9.47 Å². The van der Waals surface area contributed by atoms with Crippen LogP contribution in [0.4, 0.5) is 0 Å². The summed E-state index contributed by atoms with van der Waals surface area (Å²) in [6, 6.07) is 5.88. The Morgan fingerprint density at radius 1 is 1.05 bits per heavy atom. The number of fused-ring (bicyclic) bond motifs is 1. The molecule has 0 spiro atoms. The Kier molecular flexibility index (Phi) is 3.28. The fourth-order valence-electron chi connectivity index (χ4n) is 2.19. The molecule has 0 aliphatic heterocycles. The molecule has 2 heterocycles. The SMILES string of the molecule is COc1cc2nc(C)nc(-c3ccsc3)c2cc1OC. The molecule has 0 fully saturated rings. The van der Waals surface area contributed by atoms with Crippen LogP contribution in [-0.4, -0.2) is 24.2 Å². The molecule has 3 rings (SSSR count). The summed E-state index contributed by atoms with van der Waals surface area (Å²) in [6.07, 6.45) is 0. The summed E-state index contributed by atoms with van der Waals surface area (Å²) in [4.78, 5) is 9.06. The van der Waals surface area contributed by atoms with E-state index in [1.54, 1.807) is 25.6 Å². The average Bonchev–Trinajstić information content (AvgIpc) is 2.98. The maximum absolute atomic E-state index is 5.37. The first-order valence-electron chi connectivity index (χ1n) is 6.16. The van der Waals surface area contributed by atoms with Gasteiger partial charge in [0.05, 0.1) is 25.4 Å². The molecule has 0 bridgehead atoms. The Hall–Kier alpha value is -2.14. The maximum Gasteiger partial charge on any atom is 0.162 e. The molecule has 5 heteroatoms. The van der Waals surface area contributed by atoms with Gasteiger partial charge in [-0.2, -0.15) is 11.3 Å². The molecule has 20 heavy (non-hydrogen) atoms. The lowest BCUT2D eigenvalue weighted by Gasteiger charge is -2.11. The predicted octanol–water partition coefficient (Wildman–Crippen LogP) is 3.68. The third-order valence-electron chi connectivity index (χ3n) is 3.11. The van der Waals surface area contributed by atoms with Gasteiger partial charge >= 0.3 is 0 Å². The highest BCUT2D eigenvalue weighted by Crippen LogP contribution is 2.35. The van der Waals surface area contributed by atoms with Gasteiger partial charge in [0.15, 0.2) is 11.5 Å². The van der Waals surface area contributed by atoms with Gasteiger partial charge in [-0.25, -0.2) is 9.97 Å². The van der Waals surface area contributed by atoms with Gasteiger partial charge in [0.2, 0.25) is 0 Å². The van der Waals surface area contributed by atoms with E-state index in [1.165, 1.54) is 0 Å². The summed E-state index contributed by atoms with van der Waals surface area (Å²) >= 11 is 1.65. The van der Waals surface area contributed by atoms with Crippen LogP contribution < -0.4 is 9.47 Å². The van der Waals surface area contributed by atoms with E-state index in [4.69, 9.17) is 9.47 Å². The van der Waals surface area contributed by atoms with E-state index in [1.807, 2.05) is 24.4 Å². The van der Waals surface area contributed by atoms with Crippen molar-refractivity contribution in [1.29, 1.82) is 0 Å². The van der Waals surface area contributed by atoms with Crippen LogP contribution in [0.1, 0.15) is 5.82 Å². The zero-order chi connectivity index (χ0) is 14.1. The molecule has 4 nitrogen and oxygen atoms in total. The van der Waals surface area contributed by atoms with Gasteiger partial charge in [-0.3, -0.25) is 0 Å². The Morgan fingerprint density at radius 2 is 1.80 bits per heavy atom. The number of methoxy groups -OCH3 is 2. The van der Waals surface area contributed by atoms with Crippen molar-refractivity contribution in [3.8, 4) is 22.8 Å². The number of ether oxygens (including phenoxy) is 2. The molecule has 3 aromatic rings. The topological polar surface area (TPSA) is 44.2 Å². The van der Waals surface area contributed by atoms with Crippen LogP contribution in [0.2, 0.25) is 0 Å². The van der Waals surface area contributed by atoms with Crippen molar-refractivity contribution in [2.24, 2.45) is 0 Å². The Balaban J connectivity index is 2.35. The second-order valence-corrected chi connectivity index (χ2v) is 5.14. The van der Waals surface area contributed by atoms with E-state index >= 15 is 0 Å². The minimum atomic E-state index is 0.675. The number of rotatable bonds is 3. The Bertz CT molecular complexity index is 754. The first kappa shape index (κ1) is 12.9. The van der Waals surface area contributed by atoms with E-state index in [0.717, 1.165) is 28.0 Å². The van der Waals surface area contributed by atoms with E-state index < -0.39 is 0 Å². The Labute approximate surface area is 121 Å². The normalized spacial score (nSPS) is 10.8. The molecule has 102 valence electrons. The highest BCUT2D eigenvalue weighted by molar-refractivity contribution is 7.08. The first-order valence-corrected chi connectivity index (χ1v) is 7.10. The molecule has 2 aromatic heterocycles. The minimum absolute atomic E-state index is 0.675. The van der Waals surface area contributed by atoms with Crippen LogP contribution >= 0.6 is 11.3 Å². The summed E-state index contributed by atoms with van der Waals surface area (Å²) < 4.78 is 10.7. The molecule has 0 aliphatic carbocycles. The van der Waals surface area contributed by atoms with Crippen LogP contribution in [0.5, 0.6) is 11.5 Å². The largest absolute Gasteiger partial charge is 0.493 e. The summed E-state index contributed by atoms with van der Waals surface area (Å²) in [5.41, 5.74) is 2.88. The molecule has 0 radical (unpaired) electrons. The van der Waals surface area contributed by atoms with Gasteiger partial charge in [0.1, 0.15) is 5.82 Å². The summed E-state index contributed by atoms with van der Waals surface area (Å²) in [5.74, 6) is 2.10. The molecule has 1 aromatic carbocycles. The van der Waals surface area contributed by atoms with Crippen molar-refractivity contribution in [3.05, 3.63) is 34.8 Å². The molecule has 0 saturated carbocycles. The average molecular weight is 286 g/mol. The number of benzene rings is 1. The molecule has 0 saturated heterocycles. The molecule has 0 atom stereocenters. The quantitative estimate of drug-likeness (QED) is 0.736. The fourth-order valence-corrected chi connectivity index (χ4v) is 2.83. The van der Waals surface area contributed by atoms with E-state index in [0.29, 0.717) is 11.5 Å². The highest BCUT2D eigenvalue weighted by atomic mass is 32.1. The maximum atomic E-state index is 5.37. The third-order valence-corrected chi connectivity index (χ3v) is 3.79. The van der Waals surface area contributed by atoms with Crippen molar-refractivity contribution < 1.29 is 9.47 Å². The lowest BCUT2D eigenvalue weighted by Crippen LogP contribution is -1.96. The molecular formula is C15H14N2O2S. The summed E-state index contributed by atoms with van der Waals surface area (Å²) in [6.45, 7) is 1.89. The van der Waals surface area contributed by atoms with Crippen LogP contribution in [0.15, 0.2) is 29.0 Å². The minimum Gasteiger partial charge on any atom is -0.493 e. The number of hydrogen-bond acceptors (Lipinski definition) is 5. The first-order chi connectivity index (χ1) is 9.72. The summed E-state index contributed by atoms with van der Waals surface area (Å²) in [5, 5.41) is 5.09. The van der Waals surface area contributed by atoms with Crippen LogP contribution in [0.3, 0.4) is 0 Å². The smallest absolute Gasteiger partial charge is 0.162 e. The predicted molar refractivity (Wildman–Crippen MR) is 80.7 cm³/mol. The van der Waals surface area contributed by atoms with Crippen molar-refractivity contribution in [1.82, 2.24) is 9.97 Å². The lowest BCUT2D eigenvalue weighted by atomic mass is 10.1. The van der Waals surface area contributed by atoms with E-state index in [2.05, 4.69) is 21.4 Å². The van der Waals surface area contributed by atoms with Crippen molar-refractivity contribution in [3.63, 3.8) is 0 Å². The number of hydrogen-bond donors (Lipinski definition) is 0. The van der Waals surface area contributed by atoms with Gasteiger partial charge in [0.25, 0.3) is 0 Å². The number of nitrogens with zero attached hydrogens (tertiary/aromatic N) is 2. The van der Waals surface area contributed by atoms with Gasteiger partial charge in [-0.1, -0.05) is 0 Å². The monoisotopic (exact) mass is 286 g/mol. The van der Waals surface area contributed by atoms with Crippen molar-refractivity contribution in [2.45, 2.75) is 6.92 Å². The van der Waals surface area contributed by atoms with Crippen molar-refractivity contribution >= 4 is 22.2 Å². The van der Waals surface area contributed by atoms with Crippen LogP contribution in [-0.2, 0) is 0 Å². The molecule has 0 N–H and O–H groups in total. The van der Waals surface area contributed by atoms with Crippen LogP contribution in [0.25, 0.3) is 22.2 Å². The second-order valence-electron chi connectivity index (χ2n) is 4.36. The molecular weight excluding hydrogens is 272 g/mol. The summed E-state index contributed by atoms with van der Waals surface area (Å²) in [7, 11) is 3.25. The zero-order valence-electron chi connectivity index (χ0n) is 11.5. The zero-order valence-corrected chi connectivity index (χ0v) is 12.3.